The van der Waals surface area contributed by atoms with Gasteiger partial charge in [0.1, 0.15) is 5.75 Å². The molecule has 0 spiro atoms. The zero-order valence-electron chi connectivity index (χ0n) is 23.2. The Morgan fingerprint density at radius 2 is 1.66 bits per heavy atom. The van der Waals surface area contributed by atoms with Crippen molar-refractivity contribution in [2.45, 2.75) is 31.1 Å². The van der Waals surface area contributed by atoms with Gasteiger partial charge in [-0.3, -0.25) is 4.79 Å². The van der Waals surface area contributed by atoms with Crippen LogP contribution in [-0.4, -0.2) is 60.4 Å². The molecule has 0 bridgehead atoms. The summed E-state index contributed by atoms with van der Waals surface area (Å²) >= 11 is 0. The molecule has 4 aromatic rings. The van der Waals surface area contributed by atoms with Crippen LogP contribution < -0.4 is 9.75 Å². The molecular formula is C31H33N5O4S. The van der Waals surface area contributed by atoms with Gasteiger partial charge in [-0.1, -0.05) is 42.8 Å². The van der Waals surface area contributed by atoms with Crippen molar-refractivity contribution in [1.29, 1.82) is 0 Å². The molecule has 5 rings (SSSR count). The summed E-state index contributed by atoms with van der Waals surface area (Å²) in [6.07, 6.45) is 4.32. The van der Waals surface area contributed by atoms with E-state index >= 15 is 0 Å². The molecule has 3 aromatic carbocycles. The van der Waals surface area contributed by atoms with Gasteiger partial charge in [0.15, 0.2) is 11.6 Å². The van der Waals surface area contributed by atoms with Gasteiger partial charge in [-0.05, 0) is 62.2 Å². The zero-order chi connectivity index (χ0) is 28.8. The molecule has 0 N–H and O–H groups in total. The van der Waals surface area contributed by atoms with Gasteiger partial charge in [0.2, 0.25) is 10.0 Å². The van der Waals surface area contributed by atoms with E-state index in [2.05, 4.69) is 4.98 Å². The first-order chi connectivity index (χ1) is 19.9. The van der Waals surface area contributed by atoms with E-state index in [1.54, 1.807) is 65.8 Å². The Bertz CT molecular complexity index is 1610. The molecule has 2 heterocycles. The number of amides is 1. The van der Waals surface area contributed by atoms with E-state index in [0.717, 1.165) is 19.3 Å². The van der Waals surface area contributed by atoms with Crippen LogP contribution in [0.4, 0.5) is 11.5 Å². The van der Waals surface area contributed by atoms with Gasteiger partial charge in [-0.15, -0.1) is 0 Å². The molecule has 9 nitrogen and oxygen atoms in total. The number of carbonyl (C=O) groups is 1. The summed E-state index contributed by atoms with van der Waals surface area (Å²) in [5.74, 6) is 1.16. The maximum Gasteiger partial charge on any atom is 0.272 e. The van der Waals surface area contributed by atoms with Gasteiger partial charge < -0.3 is 4.74 Å². The van der Waals surface area contributed by atoms with Crippen LogP contribution in [0.3, 0.4) is 0 Å². The normalized spacial score (nSPS) is 13.9. The molecule has 0 atom stereocenters. The van der Waals surface area contributed by atoms with Crippen molar-refractivity contribution >= 4 is 27.4 Å². The summed E-state index contributed by atoms with van der Waals surface area (Å²) < 4.78 is 34.3. The second-order valence-electron chi connectivity index (χ2n) is 9.60. The summed E-state index contributed by atoms with van der Waals surface area (Å²) in [6, 6.07) is 24.8. The van der Waals surface area contributed by atoms with Crippen molar-refractivity contribution in [1.82, 2.24) is 19.3 Å². The quantitative estimate of drug-likeness (QED) is 0.243. The van der Waals surface area contributed by atoms with E-state index in [9.17, 15) is 13.2 Å². The van der Waals surface area contributed by atoms with E-state index in [0.29, 0.717) is 53.8 Å². The number of carbonyl (C=O) groups excluding carboxylic acids is 1. The van der Waals surface area contributed by atoms with Gasteiger partial charge in [-0.2, -0.15) is 4.31 Å². The summed E-state index contributed by atoms with van der Waals surface area (Å²) in [6.45, 7) is 3.16. The molecule has 0 radical (unpaired) electrons. The second kappa shape index (κ2) is 12.5. The van der Waals surface area contributed by atoms with E-state index in [1.165, 1.54) is 4.31 Å². The highest BCUT2D eigenvalue weighted by Crippen LogP contribution is 2.33. The fourth-order valence-electron chi connectivity index (χ4n) is 4.96. The molecule has 10 heteroatoms. The first-order valence-corrected chi connectivity index (χ1v) is 15.1. The number of rotatable bonds is 9. The highest BCUT2D eigenvalue weighted by atomic mass is 32.2. The number of benzene rings is 3. The van der Waals surface area contributed by atoms with Crippen molar-refractivity contribution in [3.05, 3.63) is 96.7 Å². The minimum absolute atomic E-state index is 0.170. The third-order valence-electron chi connectivity index (χ3n) is 7.02. The molecule has 212 valence electrons. The average Bonchev–Trinajstić information content (AvgIpc) is 3.04. The van der Waals surface area contributed by atoms with Gasteiger partial charge in [0.25, 0.3) is 5.91 Å². The minimum atomic E-state index is -3.71. The minimum Gasteiger partial charge on any atom is -0.496 e. The number of anilines is 2. The van der Waals surface area contributed by atoms with Crippen LogP contribution in [0.1, 0.15) is 36.5 Å². The third kappa shape index (κ3) is 5.94. The number of aromatic nitrogens is 2. The Morgan fingerprint density at radius 3 is 2.39 bits per heavy atom. The first kappa shape index (κ1) is 28.3. The van der Waals surface area contributed by atoms with Crippen LogP contribution in [0.5, 0.6) is 5.75 Å². The second-order valence-corrected chi connectivity index (χ2v) is 11.5. The van der Waals surface area contributed by atoms with Crippen molar-refractivity contribution in [2.24, 2.45) is 0 Å². The number of para-hydroxylation sites is 1. The molecule has 1 aliphatic rings. The fraction of sp³-hybridized carbons (Fsp3) is 0.258. The number of nitrogens with zero attached hydrogens (tertiary/aromatic N) is 5. The predicted molar refractivity (Wildman–Crippen MR) is 158 cm³/mol. The van der Waals surface area contributed by atoms with Gasteiger partial charge in [-0.25, -0.2) is 28.4 Å². The highest BCUT2D eigenvalue weighted by molar-refractivity contribution is 7.89. The van der Waals surface area contributed by atoms with Crippen LogP contribution in [0.25, 0.3) is 11.4 Å². The smallest absolute Gasteiger partial charge is 0.272 e. The fourth-order valence-corrected chi connectivity index (χ4v) is 6.51. The topological polar surface area (TPSA) is 95.9 Å². The number of sulfonamides is 1. The number of hydrogen-bond donors (Lipinski definition) is 0. The van der Waals surface area contributed by atoms with E-state index in [4.69, 9.17) is 9.72 Å². The number of ether oxygens (including phenoxy) is 1. The van der Waals surface area contributed by atoms with Gasteiger partial charge in [0.05, 0.1) is 23.3 Å². The van der Waals surface area contributed by atoms with Crippen LogP contribution in [0.15, 0.2) is 96.0 Å². The predicted octanol–water partition coefficient (Wildman–Crippen LogP) is 5.54. The average molecular weight is 572 g/mol. The Morgan fingerprint density at radius 1 is 0.927 bits per heavy atom. The third-order valence-corrected chi connectivity index (χ3v) is 8.91. The molecule has 0 saturated carbocycles. The van der Waals surface area contributed by atoms with Crippen LogP contribution in [0, 0.1) is 0 Å². The Hall–Kier alpha value is -4.28. The van der Waals surface area contributed by atoms with Crippen LogP contribution in [-0.2, 0) is 10.0 Å². The summed E-state index contributed by atoms with van der Waals surface area (Å²) in [4.78, 5) is 23.3. The van der Waals surface area contributed by atoms with Crippen molar-refractivity contribution in [3.8, 4) is 17.1 Å². The Kier molecular flexibility index (Phi) is 8.61. The highest BCUT2D eigenvalue weighted by Gasteiger charge is 2.29. The largest absolute Gasteiger partial charge is 0.496 e. The lowest BCUT2D eigenvalue weighted by Gasteiger charge is -2.35. The van der Waals surface area contributed by atoms with E-state index in [-0.39, 0.29) is 10.8 Å². The van der Waals surface area contributed by atoms with Crippen LogP contribution in [0.2, 0.25) is 0 Å². The van der Waals surface area contributed by atoms with Gasteiger partial charge in [0, 0.05) is 37.5 Å². The monoisotopic (exact) mass is 571 g/mol. The molecular weight excluding hydrogens is 538 g/mol. The molecule has 41 heavy (non-hydrogen) atoms. The van der Waals surface area contributed by atoms with Crippen molar-refractivity contribution in [3.63, 3.8) is 0 Å². The van der Waals surface area contributed by atoms with Crippen molar-refractivity contribution in [2.75, 3.05) is 31.8 Å². The standard InChI is InChI=1S/C31H33N5O4S/c1-3-35(31(37)24-13-6-4-7-14-24)36(29-19-20-32-30(33-29)27-17-8-9-18-28(27)40-2)25-15-12-16-26(23-25)41(38,39)34-21-10-5-11-22-34/h4,6-9,12-20,23H,3,5,10-11,21-22H2,1-2H3. The number of hydrazine groups is 1. The van der Waals surface area contributed by atoms with E-state index in [1.807, 2.05) is 49.4 Å². The summed E-state index contributed by atoms with van der Waals surface area (Å²) in [7, 11) is -2.13. The number of methoxy groups -OCH3 is 1. The molecule has 1 aliphatic heterocycles. The number of piperidine rings is 1. The molecule has 1 amide bonds. The molecule has 0 aliphatic carbocycles. The summed E-state index contributed by atoms with van der Waals surface area (Å²) in [5.41, 5.74) is 1.67. The summed E-state index contributed by atoms with van der Waals surface area (Å²) in [5, 5.41) is 3.21. The van der Waals surface area contributed by atoms with Crippen molar-refractivity contribution < 1.29 is 17.9 Å². The van der Waals surface area contributed by atoms with E-state index < -0.39 is 10.0 Å². The molecule has 0 unspecified atom stereocenters. The maximum absolute atomic E-state index is 13.8. The Labute approximate surface area is 241 Å². The lowest BCUT2D eigenvalue weighted by molar-refractivity contribution is 0.0763. The van der Waals surface area contributed by atoms with Gasteiger partial charge >= 0.3 is 0 Å². The first-order valence-electron chi connectivity index (χ1n) is 13.7. The SMILES string of the molecule is CCN(C(=O)c1ccccc1)N(c1cccc(S(=O)(=O)N2CCCCC2)c1)c1ccnc(-c2ccccc2OC)n1. The molecule has 1 saturated heterocycles. The molecule has 1 fully saturated rings. The number of hydrogen-bond acceptors (Lipinski definition) is 7. The lowest BCUT2D eigenvalue weighted by atomic mass is 10.2. The molecule has 1 aromatic heterocycles. The lowest BCUT2D eigenvalue weighted by Crippen LogP contribution is -2.44. The maximum atomic E-state index is 13.8. The van der Waals surface area contributed by atoms with Crippen LogP contribution >= 0.6 is 0 Å². The Balaban J connectivity index is 1.64. The zero-order valence-corrected chi connectivity index (χ0v) is 24.0.